The summed E-state index contributed by atoms with van der Waals surface area (Å²) in [5.74, 6) is 0. The van der Waals surface area contributed by atoms with Gasteiger partial charge in [0, 0.05) is 19.6 Å². The van der Waals surface area contributed by atoms with Crippen LogP contribution in [-0.2, 0) is 16.6 Å². The molecule has 3 N–H and O–H groups in total. The van der Waals surface area contributed by atoms with Crippen molar-refractivity contribution in [3.63, 3.8) is 0 Å². The van der Waals surface area contributed by atoms with Crippen molar-refractivity contribution in [3.05, 3.63) is 11.4 Å². The molecule has 120 valence electrons. The van der Waals surface area contributed by atoms with Crippen molar-refractivity contribution in [2.24, 2.45) is 5.73 Å². The molecule has 1 aromatic rings. The van der Waals surface area contributed by atoms with Crippen molar-refractivity contribution in [1.29, 1.82) is 0 Å². The Kier molecular flexibility index (Phi) is 5.37. The maximum absolute atomic E-state index is 12.6. The lowest BCUT2D eigenvalue weighted by Gasteiger charge is -2.26. The average molecular weight is 315 g/mol. The predicted octanol–water partition coefficient (Wildman–Crippen LogP) is 0.528. The van der Waals surface area contributed by atoms with E-state index in [0.717, 1.165) is 38.8 Å². The summed E-state index contributed by atoms with van der Waals surface area (Å²) in [6.45, 7) is 6.25. The lowest BCUT2D eigenvalue weighted by atomic mass is 10.2. The van der Waals surface area contributed by atoms with Gasteiger partial charge in [0.2, 0.25) is 0 Å². The maximum atomic E-state index is 12.6. The number of sulfonamides is 1. The second-order valence-corrected chi connectivity index (χ2v) is 7.11. The molecule has 2 heterocycles. The first-order chi connectivity index (χ1) is 9.95. The van der Waals surface area contributed by atoms with E-state index < -0.39 is 10.0 Å². The zero-order chi connectivity index (χ0) is 15.5. The first kappa shape index (κ1) is 16.4. The molecule has 0 saturated carbocycles. The van der Waals surface area contributed by atoms with Crippen LogP contribution in [0.4, 0.5) is 0 Å². The summed E-state index contributed by atoms with van der Waals surface area (Å²) in [6.07, 6.45) is 3.99. The Hall–Kier alpha value is -0.960. The molecule has 0 radical (unpaired) electrons. The Morgan fingerprint density at radius 3 is 2.52 bits per heavy atom. The van der Waals surface area contributed by atoms with E-state index in [4.69, 9.17) is 5.73 Å². The highest BCUT2D eigenvalue weighted by Gasteiger charge is 2.27. The molecule has 1 aromatic heterocycles. The second-order valence-electron chi connectivity index (χ2n) is 5.51. The standard InChI is InChI=1S/C13H25N5O2S/c1-11-13(12(2)18(15-11)10-6-7-14)21(19,20)16-17-8-4-3-5-9-17/h16H,3-10,14H2,1-2H3. The van der Waals surface area contributed by atoms with E-state index in [1.807, 2.05) is 0 Å². The normalized spacial score (nSPS) is 17.3. The number of hydrazine groups is 1. The Balaban J connectivity index is 2.20. The lowest BCUT2D eigenvalue weighted by molar-refractivity contribution is 0.200. The van der Waals surface area contributed by atoms with Gasteiger partial charge in [-0.25, -0.2) is 13.4 Å². The van der Waals surface area contributed by atoms with Crippen LogP contribution in [-0.4, -0.2) is 42.8 Å². The minimum atomic E-state index is -3.56. The number of nitrogens with zero attached hydrogens (tertiary/aromatic N) is 3. The van der Waals surface area contributed by atoms with Crippen LogP contribution < -0.4 is 10.6 Å². The zero-order valence-corrected chi connectivity index (χ0v) is 13.6. The number of piperidine rings is 1. The van der Waals surface area contributed by atoms with Gasteiger partial charge in [-0.3, -0.25) is 4.68 Å². The van der Waals surface area contributed by atoms with E-state index in [-0.39, 0.29) is 0 Å². The Labute approximate surface area is 126 Å². The Morgan fingerprint density at radius 1 is 1.24 bits per heavy atom. The van der Waals surface area contributed by atoms with Gasteiger partial charge in [0.1, 0.15) is 4.90 Å². The molecular weight excluding hydrogens is 290 g/mol. The van der Waals surface area contributed by atoms with Crippen LogP contribution in [0.5, 0.6) is 0 Å². The molecule has 0 atom stereocenters. The topological polar surface area (TPSA) is 93.2 Å². The van der Waals surface area contributed by atoms with Crippen LogP contribution in [0, 0.1) is 13.8 Å². The van der Waals surface area contributed by atoms with Crippen LogP contribution in [0.1, 0.15) is 37.1 Å². The quantitative estimate of drug-likeness (QED) is 0.798. The van der Waals surface area contributed by atoms with Gasteiger partial charge in [-0.05, 0) is 39.7 Å². The fraction of sp³-hybridized carbons (Fsp3) is 0.769. The third kappa shape index (κ3) is 3.82. The lowest BCUT2D eigenvalue weighted by Crippen LogP contribution is -2.45. The number of nitrogens with one attached hydrogen (secondary N) is 1. The summed E-state index contributed by atoms with van der Waals surface area (Å²) >= 11 is 0. The maximum Gasteiger partial charge on any atom is 0.257 e. The summed E-state index contributed by atoms with van der Waals surface area (Å²) in [4.78, 5) is 2.99. The van der Waals surface area contributed by atoms with Gasteiger partial charge in [0.05, 0.1) is 11.4 Å². The minimum Gasteiger partial charge on any atom is -0.330 e. The number of hydrogen-bond donors (Lipinski definition) is 2. The van der Waals surface area contributed by atoms with Gasteiger partial charge in [0.15, 0.2) is 0 Å². The van der Waals surface area contributed by atoms with E-state index in [0.29, 0.717) is 29.4 Å². The number of hydrogen-bond acceptors (Lipinski definition) is 5. The molecule has 0 aliphatic carbocycles. The highest BCUT2D eigenvalue weighted by molar-refractivity contribution is 7.89. The second kappa shape index (κ2) is 6.87. The Morgan fingerprint density at radius 2 is 1.90 bits per heavy atom. The monoisotopic (exact) mass is 315 g/mol. The van der Waals surface area contributed by atoms with Crippen LogP contribution in [0.2, 0.25) is 0 Å². The van der Waals surface area contributed by atoms with Crippen LogP contribution >= 0.6 is 0 Å². The first-order valence-corrected chi connectivity index (χ1v) is 8.95. The zero-order valence-electron chi connectivity index (χ0n) is 12.8. The molecule has 0 bridgehead atoms. The molecule has 0 amide bonds. The fourth-order valence-corrected chi connectivity index (χ4v) is 4.27. The van der Waals surface area contributed by atoms with Crippen molar-refractivity contribution < 1.29 is 8.42 Å². The summed E-state index contributed by atoms with van der Waals surface area (Å²) in [5.41, 5.74) is 6.71. The van der Waals surface area contributed by atoms with E-state index >= 15 is 0 Å². The Bertz CT molecular complexity index is 576. The number of aromatic nitrogens is 2. The predicted molar refractivity (Wildman–Crippen MR) is 81.1 cm³/mol. The highest BCUT2D eigenvalue weighted by atomic mass is 32.2. The number of aryl methyl sites for hydroxylation is 2. The molecule has 1 aliphatic heterocycles. The average Bonchev–Trinajstić information content (AvgIpc) is 2.72. The molecule has 0 aromatic carbocycles. The molecule has 1 aliphatic rings. The molecule has 7 nitrogen and oxygen atoms in total. The van der Waals surface area contributed by atoms with Crippen LogP contribution in [0.3, 0.4) is 0 Å². The van der Waals surface area contributed by atoms with Crippen LogP contribution in [0.15, 0.2) is 4.90 Å². The van der Waals surface area contributed by atoms with Gasteiger partial charge >= 0.3 is 0 Å². The third-order valence-electron chi connectivity index (χ3n) is 3.76. The van der Waals surface area contributed by atoms with Gasteiger partial charge in [0.25, 0.3) is 10.0 Å². The van der Waals surface area contributed by atoms with Crippen molar-refractivity contribution in [1.82, 2.24) is 19.6 Å². The largest absolute Gasteiger partial charge is 0.330 e. The summed E-state index contributed by atoms with van der Waals surface area (Å²) < 4.78 is 26.9. The number of nitrogens with two attached hydrogens (primary N) is 1. The van der Waals surface area contributed by atoms with E-state index in [1.165, 1.54) is 0 Å². The van der Waals surface area contributed by atoms with E-state index in [9.17, 15) is 8.42 Å². The fourth-order valence-electron chi connectivity index (χ4n) is 2.73. The van der Waals surface area contributed by atoms with Gasteiger partial charge in [-0.2, -0.15) is 5.10 Å². The minimum absolute atomic E-state index is 0.296. The van der Waals surface area contributed by atoms with Gasteiger partial charge in [-0.15, -0.1) is 4.83 Å². The molecule has 0 unspecified atom stereocenters. The summed E-state index contributed by atoms with van der Waals surface area (Å²) in [7, 11) is -3.56. The molecule has 1 saturated heterocycles. The molecule has 0 spiro atoms. The molecule has 1 fully saturated rings. The third-order valence-corrected chi connectivity index (χ3v) is 5.39. The van der Waals surface area contributed by atoms with E-state index in [1.54, 1.807) is 23.5 Å². The van der Waals surface area contributed by atoms with Crippen molar-refractivity contribution in [3.8, 4) is 0 Å². The SMILES string of the molecule is Cc1nn(CCCN)c(C)c1S(=O)(=O)NN1CCCCC1. The summed E-state index contributed by atoms with van der Waals surface area (Å²) in [6, 6.07) is 0. The van der Waals surface area contributed by atoms with Crippen molar-refractivity contribution in [2.75, 3.05) is 19.6 Å². The first-order valence-electron chi connectivity index (χ1n) is 7.47. The molecular formula is C13H25N5O2S. The molecule has 2 rings (SSSR count). The van der Waals surface area contributed by atoms with Gasteiger partial charge in [-0.1, -0.05) is 6.42 Å². The van der Waals surface area contributed by atoms with Crippen LogP contribution in [0.25, 0.3) is 0 Å². The highest BCUT2D eigenvalue weighted by Crippen LogP contribution is 2.20. The van der Waals surface area contributed by atoms with Crippen molar-refractivity contribution >= 4 is 10.0 Å². The summed E-state index contributed by atoms with van der Waals surface area (Å²) in [5, 5.41) is 6.12. The number of rotatable bonds is 6. The van der Waals surface area contributed by atoms with Crippen molar-refractivity contribution in [2.45, 2.75) is 51.0 Å². The molecule has 8 heteroatoms. The van der Waals surface area contributed by atoms with E-state index in [2.05, 4.69) is 9.93 Å². The van der Waals surface area contributed by atoms with Gasteiger partial charge < -0.3 is 5.73 Å². The smallest absolute Gasteiger partial charge is 0.257 e. The molecule has 21 heavy (non-hydrogen) atoms.